The summed E-state index contributed by atoms with van der Waals surface area (Å²) in [5.74, 6) is 0.905. The average molecular weight is 337 g/mol. The van der Waals surface area contributed by atoms with E-state index in [1.807, 2.05) is 48.5 Å². The molecule has 0 radical (unpaired) electrons. The molecule has 0 atom stereocenters. The van der Waals surface area contributed by atoms with Gasteiger partial charge in [0.1, 0.15) is 11.4 Å². The van der Waals surface area contributed by atoms with Crippen LogP contribution in [0.2, 0.25) is 0 Å². The van der Waals surface area contributed by atoms with Crippen LogP contribution in [0.25, 0.3) is 11.3 Å². The first-order valence-electron chi connectivity index (χ1n) is 8.01. The van der Waals surface area contributed by atoms with Gasteiger partial charge in [-0.3, -0.25) is 0 Å². The van der Waals surface area contributed by atoms with E-state index >= 15 is 0 Å². The van der Waals surface area contributed by atoms with Gasteiger partial charge in [-0.05, 0) is 24.1 Å². The highest BCUT2D eigenvalue weighted by Crippen LogP contribution is 2.19. The number of phenolic OH excluding ortho intramolecular Hbond substituents is 1. The molecule has 0 bridgehead atoms. The van der Waals surface area contributed by atoms with E-state index in [0.717, 1.165) is 11.1 Å². The summed E-state index contributed by atoms with van der Waals surface area (Å²) in [7, 11) is 0. The lowest BCUT2D eigenvalue weighted by Crippen LogP contribution is -2.36. The van der Waals surface area contributed by atoms with Crippen LogP contribution in [0, 0.1) is 0 Å². The fraction of sp³-hybridized carbons (Fsp3) is 0.158. The SMILES string of the molecule is O=C(NCCc1ccc(O)cc1)NCc1cc(-c2ccccc2)on1. The van der Waals surface area contributed by atoms with Gasteiger partial charge in [-0.15, -0.1) is 0 Å². The summed E-state index contributed by atoms with van der Waals surface area (Å²) in [6.07, 6.45) is 0.690. The first-order valence-corrected chi connectivity index (χ1v) is 8.01. The van der Waals surface area contributed by atoms with Crippen molar-refractivity contribution in [3.63, 3.8) is 0 Å². The van der Waals surface area contributed by atoms with E-state index in [-0.39, 0.29) is 11.8 Å². The van der Waals surface area contributed by atoms with Crippen LogP contribution in [0.3, 0.4) is 0 Å². The highest BCUT2D eigenvalue weighted by atomic mass is 16.5. The first-order chi connectivity index (χ1) is 12.2. The topological polar surface area (TPSA) is 87.4 Å². The standard InChI is InChI=1S/C19H19N3O3/c23-17-8-6-14(7-9-17)10-11-20-19(24)21-13-16-12-18(25-22-16)15-4-2-1-3-5-15/h1-9,12,23H,10-11,13H2,(H2,20,21,24). The zero-order chi connectivity index (χ0) is 17.5. The third-order valence-corrected chi connectivity index (χ3v) is 3.68. The number of aromatic hydroxyl groups is 1. The lowest BCUT2D eigenvalue weighted by Gasteiger charge is -2.06. The van der Waals surface area contributed by atoms with Crippen molar-refractivity contribution >= 4 is 6.03 Å². The van der Waals surface area contributed by atoms with Crippen LogP contribution in [0.15, 0.2) is 65.2 Å². The number of benzene rings is 2. The normalized spacial score (nSPS) is 10.4. The number of amides is 2. The average Bonchev–Trinajstić information content (AvgIpc) is 3.11. The van der Waals surface area contributed by atoms with Crippen LogP contribution in [0.4, 0.5) is 4.79 Å². The molecule has 0 spiro atoms. The van der Waals surface area contributed by atoms with Crippen molar-refractivity contribution < 1.29 is 14.4 Å². The van der Waals surface area contributed by atoms with Gasteiger partial charge in [-0.2, -0.15) is 0 Å². The van der Waals surface area contributed by atoms with Crippen LogP contribution in [-0.2, 0) is 13.0 Å². The molecule has 0 saturated heterocycles. The van der Waals surface area contributed by atoms with Gasteiger partial charge in [-0.25, -0.2) is 4.79 Å². The Morgan fingerprint density at radius 3 is 2.56 bits per heavy atom. The van der Waals surface area contributed by atoms with Crippen molar-refractivity contribution in [2.24, 2.45) is 0 Å². The Bertz CT molecular complexity index is 813. The smallest absolute Gasteiger partial charge is 0.315 e. The number of aromatic nitrogens is 1. The van der Waals surface area contributed by atoms with E-state index in [9.17, 15) is 9.90 Å². The Morgan fingerprint density at radius 2 is 1.80 bits per heavy atom. The Kier molecular flexibility index (Phi) is 5.31. The number of phenols is 1. The second-order valence-electron chi connectivity index (χ2n) is 5.57. The van der Waals surface area contributed by atoms with Gasteiger partial charge in [-0.1, -0.05) is 47.6 Å². The molecule has 1 aromatic heterocycles. The Labute approximate surface area is 145 Å². The number of nitrogens with one attached hydrogen (secondary N) is 2. The van der Waals surface area contributed by atoms with Crippen LogP contribution >= 0.6 is 0 Å². The van der Waals surface area contributed by atoms with Crippen molar-refractivity contribution in [1.29, 1.82) is 0 Å². The molecule has 128 valence electrons. The van der Waals surface area contributed by atoms with Crippen LogP contribution < -0.4 is 10.6 Å². The molecule has 0 fully saturated rings. The van der Waals surface area contributed by atoms with Gasteiger partial charge in [0.25, 0.3) is 0 Å². The Hall–Kier alpha value is -3.28. The summed E-state index contributed by atoms with van der Waals surface area (Å²) in [6, 6.07) is 18.1. The highest BCUT2D eigenvalue weighted by molar-refractivity contribution is 5.73. The number of hydrogen-bond acceptors (Lipinski definition) is 4. The van der Waals surface area contributed by atoms with Crippen molar-refractivity contribution in [3.05, 3.63) is 71.9 Å². The predicted molar refractivity (Wildman–Crippen MR) is 94.0 cm³/mol. The van der Waals surface area contributed by atoms with Crippen LogP contribution in [0.5, 0.6) is 5.75 Å². The van der Waals surface area contributed by atoms with Gasteiger partial charge >= 0.3 is 6.03 Å². The van der Waals surface area contributed by atoms with E-state index in [0.29, 0.717) is 31.0 Å². The molecule has 1 heterocycles. The molecule has 0 unspecified atom stereocenters. The molecular formula is C19H19N3O3. The molecule has 6 nitrogen and oxygen atoms in total. The Morgan fingerprint density at radius 1 is 1.04 bits per heavy atom. The van der Waals surface area contributed by atoms with Gasteiger partial charge in [0, 0.05) is 18.2 Å². The van der Waals surface area contributed by atoms with Crippen LogP contribution in [-0.4, -0.2) is 22.8 Å². The van der Waals surface area contributed by atoms with E-state index in [1.165, 1.54) is 0 Å². The maximum absolute atomic E-state index is 11.8. The largest absolute Gasteiger partial charge is 0.508 e. The van der Waals surface area contributed by atoms with Crippen molar-refractivity contribution in [1.82, 2.24) is 15.8 Å². The molecule has 0 aliphatic heterocycles. The molecule has 3 aromatic rings. The van der Waals surface area contributed by atoms with E-state index in [4.69, 9.17) is 4.52 Å². The molecule has 2 aromatic carbocycles. The maximum Gasteiger partial charge on any atom is 0.315 e. The number of carbonyl (C=O) groups is 1. The number of carbonyl (C=O) groups excluding carboxylic acids is 1. The van der Waals surface area contributed by atoms with Gasteiger partial charge in [0.05, 0.1) is 6.54 Å². The van der Waals surface area contributed by atoms with Crippen molar-refractivity contribution in [2.45, 2.75) is 13.0 Å². The lowest BCUT2D eigenvalue weighted by atomic mass is 10.1. The molecule has 3 rings (SSSR count). The van der Waals surface area contributed by atoms with Crippen molar-refractivity contribution in [3.8, 4) is 17.1 Å². The minimum Gasteiger partial charge on any atom is -0.508 e. The second kappa shape index (κ2) is 8.01. The quantitative estimate of drug-likeness (QED) is 0.645. The first kappa shape index (κ1) is 16.6. The summed E-state index contributed by atoms with van der Waals surface area (Å²) in [4.78, 5) is 11.8. The van der Waals surface area contributed by atoms with Crippen LogP contribution in [0.1, 0.15) is 11.3 Å². The fourth-order valence-electron chi connectivity index (χ4n) is 2.35. The zero-order valence-electron chi connectivity index (χ0n) is 13.6. The fourth-order valence-corrected chi connectivity index (χ4v) is 2.35. The van der Waals surface area contributed by atoms with E-state index in [1.54, 1.807) is 12.1 Å². The minimum atomic E-state index is -0.261. The summed E-state index contributed by atoms with van der Waals surface area (Å²) in [6.45, 7) is 0.798. The molecule has 2 amide bonds. The maximum atomic E-state index is 11.8. The monoisotopic (exact) mass is 337 g/mol. The number of rotatable bonds is 6. The minimum absolute atomic E-state index is 0.233. The highest BCUT2D eigenvalue weighted by Gasteiger charge is 2.07. The van der Waals surface area contributed by atoms with Gasteiger partial charge in [0.2, 0.25) is 0 Å². The van der Waals surface area contributed by atoms with E-state index in [2.05, 4.69) is 15.8 Å². The third kappa shape index (κ3) is 4.84. The zero-order valence-corrected chi connectivity index (χ0v) is 13.6. The molecular weight excluding hydrogens is 318 g/mol. The second-order valence-corrected chi connectivity index (χ2v) is 5.57. The number of hydrogen-bond donors (Lipinski definition) is 3. The van der Waals surface area contributed by atoms with E-state index < -0.39 is 0 Å². The number of urea groups is 1. The molecule has 25 heavy (non-hydrogen) atoms. The van der Waals surface area contributed by atoms with Crippen molar-refractivity contribution in [2.75, 3.05) is 6.54 Å². The molecule has 0 aliphatic rings. The Balaban J connectivity index is 1.42. The summed E-state index contributed by atoms with van der Waals surface area (Å²) < 4.78 is 5.29. The third-order valence-electron chi connectivity index (χ3n) is 3.68. The summed E-state index contributed by atoms with van der Waals surface area (Å²) in [5, 5.41) is 18.7. The summed E-state index contributed by atoms with van der Waals surface area (Å²) >= 11 is 0. The molecule has 0 saturated carbocycles. The molecule has 0 aliphatic carbocycles. The van der Waals surface area contributed by atoms with Gasteiger partial charge in [0.15, 0.2) is 5.76 Å². The summed E-state index contributed by atoms with van der Waals surface area (Å²) in [5.41, 5.74) is 2.65. The lowest BCUT2D eigenvalue weighted by molar-refractivity contribution is 0.240. The van der Waals surface area contributed by atoms with Gasteiger partial charge < -0.3 is 20.3 Å². The number of nitrogens with zero attached hydrogens (tertiary/aromatic N) is 1. The molecule has 3 N–H and O–H groups in total. The molecule has 6 heteroatoms. The predicted octanol–water partition coefficient (Wildman–Crippen LogP) is 3.09.